The Bertz CT molecular complexity index is 816. The summed E-state index contributed by atoms with van der Waals surface area (Å²) in [5.74, 6) is 0.809. The third-order valence-electron chi connectivity index (χ3n) is 4.88. The molecule has 2 aliphatic heterocycles. The molecule has 0 radical (unpaired) electrons. The molecular formula is C22H29N5. The van der Waals surface area contributed by atoms with Gasteiger partial charge in [-0.15, -0.1) is 0 Å². The minimum Gasteiger partial charge on any atom is -0.393 e. The first-order chi connectivity index (χ1) is 13.2. The van der Waals surface area contributed by atoms with E-state index in [0.717, 1.165) is 48.0 Å². The maximum Gasteiger partial charge on any atom is 0.149 e. The van der Waals surface area contributed by atoms with Gasteiger partial charge in [0.15, 0.2) is 0 Å². The third-order valence-corrected chi connectivity index (χ3v) is 4.88. The maximum atomic E-state index is 4.67. The lowest BCUT2D eigenvalue weighted by molar-refractivity contribution is 0.454. The van der Waals surface area contributed by atoms with Crippen molar-refractivity contribution in [2.24, 2.45) is 4.99 Å². The Morgan fingerprint density at radius 1 is 1.37 bits per heavy atom. The number of amidine groups is 1. The van der Waals surface area contributed by atoms with Gasteiger partial charge in [0, 0.05) is 49.0 Å². The predicted octanol–water partition coefficient (Wildman–Crippen LogP) is 3.88. The van der Waals surface area contributed by atoms with E-state index in [4.69, 9.17) is 0 Å². The summed E-state index contributed by atoms with van der Waals surface area (Å²) in [5.41, 5.74) is 6.59. The van der Waals surface area contributed by atoms with Crippen molar-refractivity contribution in [3.63, 3.8) is 0 Å². The number of aliphatic imine (C=N–C) groups is 1. The first-order valence-corrected chi connectivity index (χ1v) is 9.49. The highest BCUT2D eigenvalue weighted by molar-refractivity contribution is 6.08. The van der Waals surface area contributed by atoms with Crippen LogP contribution in [0.15, 0.2) is 71.7 Å². The van der Waals surface area contributed by atoms with E-state index in [2.05, 4.69) is 63.3 Å². The third kappa shape index (κ3) is 4.08. The summed E-state index contributed by atoms with van der Waals surface area (Å²) in [5, 5.41) is 10.0. The van der Waals surface area contributed by atoms with Crippen LogP contribution in [0.5, 0.6) is 0 Å². The highest BCUT2D eigenvalue weighted by Crippen LogP contribution is 2.27. The number of aryl methyl sites for hydroxylation is 1. The summed E-state index contributed by atoms with van der Waals surface area (Å²) in [6.45, 7) is 12.8. The summed E-state index contributed by atoms with van der Waals surface area (Å²) < 4.78 is 0. The number of rotatable bonds is 5. The zero-order valence-corrected chi connectivity index (χ0v) is 16.3. The van der Waals surface area contributed by atoms with Crippen LogP contribution in [0.4, 0.5) is 11.4 Å². The van der Waals surface area contributed by atoms with Gasteiger partial charge in [-0.2, -0.15) is 0 Å². The van der Waals surface area contributed by atoms with Gasteiger partial charge in [-0.25, -0.2) is 0 Å². The van der Waals surface area contributed by atoms with Crippen LogP contribution in [-0.2, 0) is 6.42 Å². The molecule has 0 saturated carbocycles. The molecule has 1 aromatic carbocycles. The monoisotopic (exact) mass is 363 g/mol. The molecule has 0 unspecified atom stereocenters. The Morgan fingerprint density at radius 3 is 2.96 bits per heavy atom. The first kappa shape index (κ1) is 18.8. The summed E-state index contributed by atoms with van der Waals surface area (Å²) in [4.78, 5) is 6.86. The lowest BCUT2D eigenvalue weighted by atomic mass is 10.0. The van der Waals surface area contributed by atoms with Crippen molar-refractivity contribution in [1.29, 1.82) is 0 Å². The summed E-state index contributed by atoms with van der Waals surface area (Å²) in [6, 6.07) is 6.47. The van der Waals surface area contributed by atoms with E-state index in [1.165, 1.54) is 17.7 Å². The largest absolute Gasteiger partial charge is 0.393 e. The summed E-state index contributed by atoms with van der Waals surface area (Å²) in [6.07, 6.45) is 8.21. The van der Waals surface area contributed by atoms with E-state index < -0.39 is 0 Å². The van der Waals surface area contributed by atoms with E-state index in [0.29, 0.717) is 6.54 Å². The molecule has 0 aromatic heterocycles. The molecule has 142 valence electrons. The number of allylic oxidation sites excluding steroid dienone is 2. The molecule has 5 nitrogen and oxygen atoms in total. The zero-order valence-electron chi connectivity index (χ0n) is 16.3. The van der Waals surface area contributed by atoms with Gasteiger partial charge < -0.3 is 20.9 Å². The standard InChI is InChI=1S/C22H29N5/c1-5-17(15-23-4)21(6-2)27-13-12-25-22(16(27)3)26-19-10-9-18-8-7-11-24-20(18)14-19/h5-6,9-10,14-15,23-24H,1,3,7-8,11-13H2,2,4H3,(H,25,26)/b17-15+,21-6-. The van der Waals surface area contributed by atoms with E-state index in [1.54, 1.807) is 0 Å². The van der Waals surface area contributed by atoms with Gasteiger partial charge in [0.25, 0.3) is 0 Å². The average molecular weight is 364 g/mol. The smallest absolute Gasteiger partial charge is 0.149 e. The van der Waals surface area contributed by atoms with E-state index in [1.807, 2.05) is 26.2 Å². The topological polar surface area (TPSA) is 51.7 Å². The molecule has 27 heavy (non-hydrogen) atoms. The molecule has 0 atom stereocenters. The fourth-order valence-electron chi connectivity index (χ4n) is 3.54. The van der Waals surface area contributed by atoms with Crippen molar-refractivity contribution < 1.29 is 0 Å². The van der Waals surface area contributed by atoms with E-state index in [-0.39, 0.29) is 0 Å². The highest BCUT2D eigenvalue weighted by Gasteiger charge is 2.22. The quantitative estimate of drug-likeness (QED) is 0.695. The second kappa shape index (κ2) is 8.62. The van der Waals surface area contributed by atoms with Gasteiger partial charge in [-0.05, 0) is 37.5 Å². The number of nitrogens with zero attached hydrogens (tertiary/aromatic N) is 2. The van der Waals surface area contributed by atoms with Gasteiger partial charge in [-0.1, -0.05) is 31.4 Å². The number of hydrogen-bond donors (Lipinski definition) is 3. The Labute approximate surface area is 162 Å². The van der Waals surface area contributed by atoms with Gasteiger partial charge in [0.2, 0.25) is 0 Å². The van der Waals surface area contributed by atoms with Crippen molar-refractivity contribution in [3.05, 3.63) is 72.2 Å². The van der Waals surface area contributed by atoms with Crippen LogP contribution in [0.25, 0.3) is 0 Å². The Balaban J connectivity index is 1.80. The van der Waals surface area contributed by atoms with Gasteiger partial charge >= 0.3 is 0 Å². The van der Waals surface area contributed by atoms with Crippen LogP contribution in [0.2, 0.25) is 0 Å². The zero-order chi connectivity index (χ0) is 19.2. The summed E-state index contributed by atoms with van der Waals surface area (Å²) in [7, 11) is 1.89. The number of benzene rings is 1. The SMILES string of the molecule is C=CC(=C\NC)/C(=C/C)N1CCN=C(Nc2ccc3c(c2)NCCC3)C1=C. The van der Waals surface area contributed by atoms with Crippen LogP contribution in [0.3, 0.4) is 0 Å². The summed E-state index contributed by atoms with van der Waals surface area (Å²) >= 11 is 0. The number of hydrogen-bond acceptors (Lipinski definition) is 5. The molecule has 2 aliphatic rings. The minimum absolute atomic E-state index is 0.714. The minimum atomic E-state index is 0.714. The molecule has 0 bridgehead atoms. The van der Waals surface area contributed by atoms with Crippen LogP contribution in [0.1, 0.15) is 18.9 Å². The maximum absolute atomic E-state index is 4.67. The van der Waals surface area contributed by atoms with Crippen molar-refractivity contribution in [1.82, 2.24) is 10.2 Å². The number of nitrogens with one attached hydrogen (secondary N) is 3. The Hall–Kier alpha value is -2.95. The van der Waals surface area contributed by atoms with Crippen molar-refractivity contribution in [2.75, 3.05) is 37.3 Å². The lowest BCUT2D eigenvalue weighted by Crippen LogP contribution is -2.36. The molecule has 0 fully saturated rings. The molecule has 3 N–H and O–H groups in total. The molecule has 5 heteroatoms. The second-order valence-corrected chi connectivity index (χ2v) is 6.62. The first-order valence-electron chi connectivity index (χ1n) is 9.49. The molecule has 0 amide bonds. The number of anilines is 2. The van der Waals surface area contributed by atoms with Crippen LogP contribution < -0.4 is 16.0 Å². The molecule has 0 saturated heterocycles. The number of fused-ring (bicyclic) bond motifs is 1. The second-order valence-electron chi connectivity index (χ2n) is 6.62. The molecule has 2 heterocycles. The fraction of sp³-hybridized carbons (Fsp3) is 0.318. The van der Waals surface area contributed by atoms with Gasteiger partial charge in [0.05, 0.1) is 12.2 Å². The molecule has 0 aliphatic carbocycles. The molecule has 3 rings (SSSR count). The molecular weight excluding hydrogens is 334 g/mol. The predicted molar refractivity (Wildman–Crippen MR) is 116 cm³/mol. The van der Waals surface area contributed by atoms with Crippen LogP contribution in [-0.4, -0.2) is 37.4 Å². The van der Waals surface area contributed by atoms with Crippen LogP contribution >= 0.6 is 0 Å². The van der Waals surface area contributed by atoms with E-state index >= 15 is 0 Å². The molecule has 0 spiro atoms. The van der Waals surface area contributed by atoms with Crippen molar-refractivity contribution in [3.8, 4) is 0 Å². The average Bonchev–Trinajstić information content (AvgIpc) is 2.70. The van der Waals surface area contributed by atoms with Crippen LogP contribution in [0, 0.1) is 0 Å². The van der Waals surface area contributed by atoms with Gasteiger partial charge in [0.1, 0.15) is 5.84 Å². The van der Waals surface area contributed by atoms with Gasteiger partial charge in [-0.3, -0.25) is 4.99 Å². The van der Waals surface area contributed by atoms with Crippen molar-refractivity contribution in [2.45, 2.75) is 19.8 Å². The lowest BCUT2D eigenvalue weighted by Gasteiger charge is -2.33. The van der Waals surface area contributed by atoms with E-state index in [9.17, 15) is 0 Å². The normalized spacial score (nSPS) is 17.6. The Morgan fingerprint density at radius 2 is 2.22 bits per heavy atom. The Kier molecular flexibility index (Phi) is 6.01. The molecule has 1 aromatic rings. The fourth-order valence-corrected chi connectivity index (χ4v) is 3.54. The van der Waals surface area contributed by atoms with Crippen molar-refractivity contribution >= 4 is 17.2 Å². The highest BCUT2D eigenvalue weighted by atomic mass is 15.2.